The van der Waals surface area contributed by atoms with E-state index in [1.807, 2.05) is 11.9 Å². The summed E-state index contributed by atoms with van der Waals surface area (Å²) in [4.78, 5) is 20.9. The molecule has 0 aliphatic heterocycles. The van der Waals surface area contributed by atoms with Crippen LogP contribution in [0, 0.1) is 5.82 Å². The first-order valence-electron chi connectivity index (χ1n) is 7.91. The summed E-state index contributed by atoms with van der Waals surface area (Å²) in [6.45, 7) is 4.84. The fourth-order valence-electron chi connectivity index (χ4n) is 2.64. The Kier molecular flexibility index (Phi) is 6.31. The highest BCUT2D eigenvalue weighted by Gasteiger charge is 2.21. The van der Waals surface area contributed by atoms with Crippen LogP contribution in [0.4, 0.5) is 13.2 Å². The molecule has 0 saturated heterocycles. The molecule has 26 heavy (non-hydrogen) atoms. The SMILES string of the molecule is CN(Cc1cncc(-c2ccc(F)c(C(F)F)c2)n1)CC(C)(C)OC=O. The number of ether oxygens (including phenoxy) is 1. The van der Waals surface area contributed by atoms with Gasteiger partial charge in [-0.1, -0.05) is 0 Å². The molecular formula is C18H20F3N3O2. The van der Waals surface area contributed by atoms with Gasteiger partial charge in [-0.05, 0) is 39.1 Å². The molecule has 0 spiro atoms. The smallest absolute Gasteiger partial charge is 0.293 e. The Morgan fingerprint density at radius 2 is 2.04 bits per heavy atom. The van der Waals surface area contributed by atoms with Crippen molar-refractivity contribution in [2.45, 2.75) is 32.4 Å². The third-order valence-electron chi connectivity index (χ3n) is 3.66. The van der Waals surface area contributed by atoms with E-state index in [1.165, 1.54) is 12.3 Å². The minimum atomic E-state index is -2.91. The molecule has 2 aromatic rings. The quantitative estimate of drug-likeness (QED) is 0.667. The summed E-state index contributed by atoms with van der Waals surface area (Å²) in [5, 5.41) is 0. The van der Waals surface area contributed by atoms with E-state index < -0.39 is 23.4 Å². The number of nitrogens with zero attached hydrogens (tertiary/aromatic N) is 3. The van der Waals surface area contributed by atoms with Crippen LogP contribution in [0.3, 0.4) is 0 Å². The maximum atomic E-state index is 13.4. The number of carbonyl (C=O) groups is 1. The molecule has 0 bridgehead atoms. The fraction of sp³-hybridized carbons (Fsp3) is 0.389. The number of halogens is 3. The van der Waals surface area contributed by atoms with Gasteiger partial charge in [0.2, 0.25) is 0 Å². The molecule has 0 fully saturated rings. The van der Waals surface area contributed by atoms with Gasteiger partial charge in [0.25, 0.3) is 12.9 Å². The first kappa shape index (κ1) is 19.8. The molecule has 0 amide bonds. The Labute approximate surface area is 149 Å². The third kappa shape index (κ3) is 5.26. The second-order valence-corrected chi connectivity index (χ2v) is 6.58. The van der Waals surface area contributed by atoms with E-state index in [4.69, 9.17) is 4.74 Å². The first-order valence-corrected chi connectivity index (χ1v) is 7.91. The molecule has 2 rings (SSSR count). The van der Waals surface area contributed by atoms with E-state index in [-0.39, 0.29) is 0 Å². The van der Waals surface area contributed by atoms with Crippen molar-refractivity contribution in [2.24, 2.45) is 0 Å². The van der Waals surface area contributed by atoms with Crippen LogP contribution in [0.5, 0.6) is 0 Å². The van der Waals surface area contributed by atoms with E-state index in [2.05, 4.69) is 9.97 Å². The molecule has 1 heterocycles. The average Bonchev–Trinajstić information content (AvgIpc) is 2.54. The maximum Gasteiger partial charge on any atom is 0.293 e. The summed E-state index contributed by atoms with van der Waals surface area (Å²) in [6.07, 6.45) is 0.0913. The van der Waals surface area contributed by atoms with E-state index in [9.17, 15) is 18.0 Å². The number of aromatic nitrogens is 2. The Bertz CT molecular complexity index is 769. The predicted molar refractivity (Wildman–Crippen MR) is 89.9 cm³/mol. The van der Waals surface area contributed by atoms with Crippen LogP contribution in [0.2, 0.25) is 0 Å². The molecular weight excluding hydrogens is 347 g/mol. The largest absolute Gasteiger partial charge is 0.461 e. The second-order valence-electron chi connectivity index (χ2n) is 6.58. The second kappa shape index (κ2) is 8.27. The van der Waals surface area contributed by atoms with Crippen molar-refractivity contribution in [3.05, 3.63) is 47.7 Å². The van der Waals surface area contributed by atoms with Gasteiger partial charge in [-0.3, -0.25) is 14.7 Å². The Hall–Kier alpha value is -2.48. The average molecular weight is 367 g/mol. The van der Waals surface area contributed by atoms with Crippen LogP contribution in [0.25, 0.3) is 11.3 Å². The fourth-order valence-corrected chi connectivity index (χ4v) is 2.64. The Morgan fingerprint density at radius 1 is 1.31 bits per heavy atom. The monoisotopic (exact) mass is 367 g/mol. The van der Waals surface area contributed by atoms with Crippen molar-refractivity contribution in [1.82, 2.24) is 14.9 Å². The van der Waals surface area contributed by atoms with Gasteiger partial charge in [-0.15, -0.1) is 0 Å². The molecule has 1 aromatic heterocycles. The van der Waals surface area contributed by atoms with Crippen molar-refractivity contribution >= 4 is 6.47 Å². The van der Waals surface area contributed by atoms with Crippen molar-refractivity contribution in [1.29, 1.82) is 0 Å². The zero-order valence-corrected chi connectivity index (χ0v) is 14.7. The number of likely N-dealkylation sites (N-methyl/N-ethyl adjacent to an activating group) is 1. The van der Waals surface area contributed by atoms with Crippen molar-refractivity contribution in [2.75, 3.05) is 13.6 Å². The van der Waals surface area contributed by atoms with Crippen LogP contribution < -0.4 is 0 Å². The van der Waals surface area contributed by atoms with Gasteiger partial charge in [0.15, 0.2) is 0 Å². The van der Waals surface area contributed by atoms with Gasteiger partial charge >= 0.3 is 0 Å². The van der Waals surface area contributed by atoms with E-state index >= 15 is 0 Å². The van der Waals surface area contributed by atoms with Crippen LogP contribution in [-0.4, -0.2) is 40.5 Å². The lowest BCUT2D eigenvalue weighted by molar-refractivity contribution is -0.141. The molecule has 0 atom stereocenters. The number of carbonyl (C=O) groups excluding carboxylic acids is 1. The summed E-state index contributed by atoms with van der Waals surface area (Å²) < 4.78 is 44.2. The molecule has 0 unspecified atom stereocenters. The first-order chi connectivity index (χ1) is 12.2. The van der Waals surface area contributed by atoms with Crippen LogP contribution in [0.1, 0.15) is 31.5 Å². The van der Waals surface area contributed by atoms with Gasteiger partial charge in [-0.2, -0.15) is 0 Å². The van der Waals surface area contributed by atoms with Crippen molar-refractivity contribution in [3.63, 3.8) is 0 Å². The number of alkyl halides is 2. The van der Waals surface area contributed by atoms with Gasteiger partial charge in [0.1, 0.15) is 11.4 Å². The molecule has 0 saturated carbocycles. The molecule has 8 heteroatoms. The van der Waals surface area contributed by atoms with E-state index in [0.717, 1.165) is 12.1 Å². The molecule has 140 valence electrons. The number of hydrogen-bond donors (Lipinski definition) is 0. The van der Waals surface area contributed by atoms with Crippen molar-refractivity contribution in [3.8, 4) is 11.3 Å². The summed E-state index contributed by atoms with van der Waals surface area (Å²) in [5.74, 6) is -0.954. The predicted octanol–water partition coefficient (Wildman–Crippen LogP) is 3.60. The zero-order valence-electron chi connectivity index (χ0n) is 14.7. The number of benzene rings is 1. The van der Waals surface area contributed by atoms with E-state index in [1.54, 1.807) is 20.0 Å². The number of rotatable bonds is 8. The lowest BCUT2D eigenvalue weighted by atomic mass is 10.1. The zero-order chi connectivity index (χ0) is 19.3. The summed E-state index contributed by atoms with van der Waals surface area (Å²) >= 11 is 0. The maximum absolute atomic E-state index is 13.4. The van der Waals surface area contributed by atoms with Gasteiger partial charge in [0, 0.05) is 24.8 Å². The van der Waals surface area contributed by atoms with E-state index in [0.29, 0.717) is 36.5 Å². The van der Waals surface area contributed by atoms with Crippen molar-refractivity contribution < 1.29 is 22.7 Å². The lowest BCUT2D eigenvalue weighted by Gasteiger charge is -2.28. The molecule has 0 N–H and O–H groups in total. The molecule has 5 nitrogen and oxygen atoms in total. The lowest BCUT2D eigenvalue weighted by Crippen LogP contribution is -2.38. The van der Waals surface area contributed by atoms with Crippen LogP contribution in [-0.2, 0) is 16.1 Å². The minimum absolute atomic E-state index is 0.364. The van der Waals surface area contributed by atoms with Crippen LogP contribution in [0.15, 0.2) is 30.6 Å². The highest BCUT2D eigenvalue weighted by molar-refractivity contribution is 5.59. The Morgan fingerprint density at radius 3 is 2.69 bits per heavy atom. The highest BCUT2D eigenvalue weighted by Crippen LogP contribution is 2.27. The Balaban J connectivity index is 2.18. The molecule has 0 radical (unpaired) electrons. The topological polar surface area (TPSA) is 55.3 Å². The van der Waals surface area contributed by atoms with Gasteiger partial charge in [-0.25, -0.2) is 18.2 Å². The molecule has 1 aromatic carbocycles. The normalized spacial score (nSPS) is 11.8. The highest BCUT2D eigenvalue weighted by atomic mass is 19.3. The minimum Gasteiger partial charge on any atom is -0.461 e. The number of hydrogen-bond acceptors (Lipinski definition) is 5. The standard InChI is InChI=1S/C18H20F3N3O2/c1-18(2,26-11-25)10-24(3)9-13-7-22-8-16(23-13)12-4-5-15(19)14(6-12)17(20)21/h4-8,11,17H,9-10H2,1-3H3. The summed E-state index contributed by atoms with van der Waals surface area (Å²) in [5.41, 5.74) is 0.0175. The van der Waals surface area contributed by atoms with Gasteiger partial charge < -0.3 is 4.74 Å². The third-order valence-corrected chi connectivity index (χ3v) is 3.66. The van der Waals surface area contributed by atoms with Gasteiger partial charge in [0.05, 0.1) is 23.1 Å². The van der Waals surface area contributed by atoms with Crippen LogP contribution >= 0.6 is 0 Å². The molecule has 0 aliphatic rings. The summed E-state index contributed by atoms with van der Waals surface area (Å²) in [7, 11) is 1.83. The summed E-state index contributed by atoms with van der Waals surface area (Å²) in [6, 6.07) is 3.47. The molecule has 0 aliphatic carbocycles.